The minimum Gasteiger partial charge on any atom is -0.377 e. The van der Waals surface area contributed by atoms with Gasteiger partial charge in [-0.05, 0) is 44.9 Å². The maximum absolute atomic E-state index is 6.13. The average molecular weight is 271 g/mol. The van der Waals surface area contributed by atoms with Crippen LogP contribution in [0.5, 0.6) is 0 Å². The molecule has 1 atom stereocenters. The van der Waals surface area contributed by atoms with E-state index in [4.69, 9.17) is 16.3 Å². The summed E-state index contributed by atoms with van der Waals surface area (Å²) in [5.74, 6) is 0. The molecule has 0 aliphatic rings. The van der Waals surface area contributed by atoms with Gasteiger partial charge in [0.2, 0.25) is 0 Å². The molecule has 1 aromatic heterocycles. The number of halogens is 1. The molecule has 1 heterocycles. The molecule has 0 amide bonds. The molecule has 0 radical (unpaired) electrons. The minimum absolute atomic E-state index is 0.254. The van der Waals surface area contributed by atoms with Crippen molar-refractivity contribution in [3.63, 3.8) is 0 Å². The number of hydrogen-bond acceptors (Lipinski definition) is 3. The minimum atomic E-state index is 0.254. The SMILES string of the molecule is CCCNC(COC(C)C)Cc1ccncc1Cl. The Kier molecular flexibility index (Phi) is 7.25. The molecule has 0 aliphatic carbocycles. The maximum atomic E-state index is 6.13. The van der Waals surface area contributed by atoms with Crippen molar-refractivity contribution in [2.45, 2.75) is 45.8 Å². The molecule has 102 valence electrons. The topological polar surface area (TPSA) is 34.1 Å². The standard InChI is InChI=1S/C14H23ClN2O/c1-4-6-17-13(10-18-11(2)3)8-12-5-7-16-9-14(12)15/h5,7,9,11,13,17H,4,6,8,10H2,1-3H3. The summed E-state index contributed by atoms with van der Waals surface area (Å²) in [6.07, 6.45) is 5.71. The molecule has 3 nitrogen and oxygen atoms in total. The van der Waals surface area contributed by atoms with E-state index in [1.165, 1.54) is 0 Å². The fourth-order valence-corrected chi connectivity index (χ4v) is 1.88. The van der Waals surface area contributed by atoms with Crippen LogP contribution in [0.3, 0.4) is 0 Å². The van der Waals surface area contributed by atoms with Crippen LogP contribution in [-0.2, 0) is 11.2 Å². The molecule has 0 bridgehead atoms. The van der Waals surface area contributed by atoms with Crippen LogP contribution in [0.25, 0.3) is 0 Å². The number of hydrogen-bond donors (Lipinski definition) is 1. The quantitative estimate of drug-likeness (QED) is 0.788. The van der Waals surface area contributed by atoms with Gasteiger partial charge in [-0.1, -0.05) is 18.5 Å². The number of pyridine rings is 1. The molecular formula is C14H23ClN2O. The lowest BCUT2D eigenvalue weighted by molar-refractivity contribution is 0.0613. The Hall–Kier alpha value is -0.640. The van der Waals surface area contributed by atoms with Gasteiger partial charge in [0.05, 0.1) is 17.7 Å². The largest absolute Gasteiger partial charge is 0.377 e. The highest BCUT2D eigenvalue weighted by atomic mass is 35.5. The Morgan fingerprint density at radius 2 is 2.22 bits per heavy atom. The molecule has 0 saturated heterocycles. The summed E-state index contributed by atoms with van der Waals surface area (Å²) in [5.41, 5.74) is 1.12. The van der Waals surface area contributed by atoms with Crippen molar-refractivity contribution in [2.24, 2.45) is 0 Å². The van der Waals surface area contributed by atoms with Crippen LogP contribution in [0.1, 0.15) is 32.8 Å². The van der Waals surface area contributed by atoms with Crippen LogP contribution in [0, 0.1) is 0 Å². The van der Waals surface area contributed by atoms with Crippen molar-refractivity contribution < 1.29 is 4.74 Å². The summed E-state index contributed by atoms with van der Waals surface area (Å²) in [6, 6.07) is 2.27. The van der Waals surface area contributed by atoms with Gasteiger partial charge < -0.3 is 10.1 Å². The third-order valence-electron chi connectivity index (χ3n) is 2.64. The molecular weight excluding hydrogens is 248 g/mol. The second-order valence-electron chi connectivity index (χ2n) is 4.70. The van der Waals surface area contributed by atoms with E-state index in [0.717, 1.165) is 30.0 Å². The van der Waals surface area contributed by atoms with Crippen LogP contribution < -0.4 is 5.32 Å². The highest BCUT2D eigenvalue weighted by molar-refractivity contribution is 6.31. The second-order valence-corrected chi connectivity index (χ2v) is 5.11. The van der Waals surface area contributed by atoms with E-state index in [0.29, 0.717) is 12.6 Å². The molecule has 0 fully saturated rings. The van der Waals surface area contributed by atoms with Crippen molar-refractivity contribution in [1.82, 2.24) is 10.3 Å². The summed E-state index contributed by atoms with van der Waals surface area (Å²) in [7, 11) is 0. The Morgan fingerprint density at radius 1 is 1.44 bits per heavy atom. The van der Waals surface area contributed by atoms with Crippen molar-refractivity contribution >= 4 is 11.6 Å². The predicted molar refractivity (Wildman–Crippen MR) is 76.1 cm³/mol. The first kappa shape index (κ1) is 15.4. The van der Waals surface area contributed by atoms with Gasteiger partial charge >= 0.3 is 0 Å². The van der Waals surface area contributed by atoms with Crippen LogP contribution in [0.15, 0.2) is 18.5 Å². The zero-order valence-corrected chi connectivity index (χ0v) is 12.2. The summed E-state index contributed by atoms with van der Waals surface area (Å²) < 4.78 is 5.69. The van der Waals surface area contributed by atoms with E-state index < -0.39 is 0 Å². The van der Waals surface area contributed by atoms with Crippen molar-refractivity contribution in [3.05, 3.63) is 29.0 Å². The number of aromatic nitrogens is 1. The van der Waals surface area contributed by atoms with Gasteiger partial charge in [0.15, 0.2) is 0 Å². The zero-order chi connectivity index (χ0) is 13.4. The first-order valence-electron chi connectivity index (χ1n) is 6.56. The maximum Gasteiger partial charge on any atom is 0.0626 e. The average Bonchev–Trinajstić information content (AvgIpc) is 2.35. The molecule has 0 aliphatic heterocycles. The third-order valence-corrected chi connectivity index (χ3v) is 2.98. The van der Waals surface area contributed by atoms with Crippen molar-refractivity contribution in [1.29, 1.82) is 0 Å². The van der Waals surface area contributed by atoms with Gasteiger partial charge in [0.25, 0.3) is 0 Å². The summed E-state index contributed by atoms with van der Waals surface area (Å²) >= 11 is 6.13. The Labute approximate surface area is 115 Å². The molecule has 0 aromatic carbocycles. The number of nitrogens with zero attached hydrogens (tertiary/aromatic N) is 1. The van der Waals surface area contributed by atoms with E-state index >= 15 is 0 Å². The Balaban J connectivity index is 2.56. The van der Waals surface area contributed by atoms with Crippen molar-refractivity contribution in [3.8, 4) is 0 Å². The van der Waals surface area contributed by atoms with Gasteiger partial charge in [-0.3, -0.25) is 4.98 Å². The lowest BCUT2D eigenvalue weighted by Gasteiger charge is -2.20. The van der Waals surface area contributed by atoms with E-state index in [2.05, 4.69) is 31.1 Å². The smallest absolute Gasteiger partial charge is 0.0626 e. The normalized spacial score (nSPS) is 12.9. The molecule has 0 spiro atoms. The number of ether oxygens (including phenoxy) is 1. The fourth-order valence-electron chi connectivity index (χ4n) is 1.68. The van der Waals surface area contributed by atoms with Gasteiger partial charge in [-0.15, -0.1) is 0 Å². The highest BCUT2D eigenvalue weighted by Crippen LogP contribution is 2.15. The highest BCUT2D eigenvalue weighted by Gasteiger charge is 2.12. The number of rotatable bonds is 8. The summed E-state index contributed by atoms with van der Waals surface area (Å²) in [4.78, 5) is 4.00. The first-order valence-corrected chi connectivity index (χ1v) is 6.94. The number of nitrogens with one attached hydrogen (secondary N) is 1. The summed E-state index contributed by atoms with van der Waals surface area (Å²) in [5, 5.41) is 4.22. The molecule has 1 aromatic rings. The Morgan fingerprint density at radius 3 is 2.83 bits per heavy atom. The lowest BCUT2D eigenvalue weighted by atomic mass is 10.1. The zero-order valence-electron chi connectivity index (χ0n) is 11.4. The molecule has 0 saturated carbocycles. The predicted octanol–water partition coefficient (Wildman–Crippen LogP) is 3.07. The van der Waals surface area contributed by atoms with E-state index in [9.17, 15) is 0 Å². The monoisotopic (exact) mass is 270 g/mol. The lowest BCUT2D eigenvalue weighted by Crippen LogP contribution is -2.36. The fraction of sp³-hybridized carbons (Fsp3) is 0.643. The van der Waals surface area contributed by atoms with E-state index in [1.807, 2.05) is 6.07 Å². The second kappa shape index (κ2) is 8.46. The molecule has 18 heavy (non-hydrogen) atoms. The third kappa shape index (κ3) is 5.80. The van der Waals surface area contributed by atoms with Crippen LogP contribution in [0.2, 0.25) is 5.02 Å². The molecule has 1 unspecified atom stereocenters. The molecule has 1 rings (SSSR count). The Bertz CT molecular complexity index is 344. The van der Waals surface area contributed by atoms with Gasteiger partial charge in [0.1, 0.15) is 0 Å². The van der Waals surface area contributed by atoms with Crippen LogP contribution in [-0.4, -0.2) is 30.3 Å². The van der Waals surface area contributed by atoms with Gasteiger partial charge in [0, 0.05) is 18.4 Å². The van der Waals surface area contributed by atoms with Gasteiger partial charge in [-0.2, -0.15) is 0 Å². The van der Waals surface area contributed by atoms with Crippen molar-refractivity contribution in [2.75, 3.05) is 13.2 Å². The van der Waals surface area contributed by atoms with Crippen LogP contribution >= 0.6 is 11.6 Å². The molecule has 1 N–H and O–H groups in total. The van der Waals surface area contributed by atoms with E-state index in [-0.39, 0.29) is 6.10 Å². The van der Waals surface area contributed by atoms with Gasteiger partial charge in [-0.25, -0.2) is 0 Å². The van der Waals surface area contributed by atoms with E-state index in [1.54, 1.807) is 12.4 Å². The van der Waals surface area contributed by atoms with Crippen LogP contribution in [0.4, 0.5) is 0 Å². The summed E-state index contributed by atoms with van der Waals surface area (Å²) in [6.45, 7) is 7.96. The molecule has 4 heteroatoms. The first-order chi connectivity index (χ1) is 8.63.